The van der Waals surface area contributed by atoms with Gasteiger partial charge in [-0.1, -0.05) is 0 Å². The summed E-state index contributed by atoms with van der Waals surface area (Å²) in [5, 5.41) is 0. The van der Waals surface area contributed by atoms with Crippen LogP contribution in [-0.2, 0) is 4.74 Å². The van der Waals surface area contributed by atoms with Crippen LogP contribution in [0.4, 0.5) is 5.82 Å². The van der Waals surface area contributed by atoms with E-state index in [1.807, 2.05) is 17.9 Å². The van der Waals surface area contributed by atoms with Crippen LogP contribution in [-0.4, -0.2) is 58.6 Å². The van der Waals surface area contributed by atoms with E-state index in [0.717, 1.165) is 43.4 Å². The fourth-order valence-electron chi connectivity index (χ4n) is 3.29. The van der Waals surface area contributed by atoms with Gasteiger partial charge < -0.3 is 14.5 Å². The SMILES string of the molecule is Cc1nc([C@H]2CCN2C(=O)c2cccnc2)cc(N2CCOCC2)n1. The molecule has 0 N–H and O–H groups in total. The highest BCUT2D eigenvalue weighted by Crippen LogP contribution is 2.34. The molecule has 0 unspecified atom stereocenters. The third kappa shape index (κ3) is 3.19. The van der Waals surface area contributed by atoms with Gasteiger partial charge in [-0.25, -0.2) is 9.97 Å². The van der Waals surface area contributed by atoms with Gasteiger partial charge in [0.2, 0.25) is 0 Å². The second-order valence-electron chi connectivity index (χ2n) is 6.34. The minimum Gasteiger partial charge on any atom is -0.378 e. The Labute approximate surface area is 146 Å². The van der Waals surface area contributed by atoms with Crippen molar-refractivity contribution < 1.29 is 9.53 Å². The van der Waals surface area contributed by atoms with Gasteiger partial charge in [-0.05, 0) is 25.5 Å². The molecule has 0 radical (unpaired) electrons. The normalized spacial score (nSPS) is 20.3. The van der Waals surface area contributed by atoms with Gasteiger partial charge in [-0.15, -0.1) is 0 Å². The topological polar surface area (TPSA) is 71.5 Å². The number of aromatic nitrogens is 3. The summed E-state index contributed by atoms with van der Waals surface area (Å²) >= 11 is 0. The van der Waals surface area contributed by atoms with Crippen LogP contribution in [0.1, 0.15) is 34.3 Å². The summed E-state index contributed by atoms with van der Waals surface area (Å²) in [5.74, 6) is 1.67. The van der Waals surface area contributed by atoms with Crippen molar-refractivity contribution in [2.75, 3.05) is 37.7 Å². The lowest BCUT2D eigenvalue weighted by atomic mass is 9.97. The zero-order valence-corrected chi connectivity index (χ0v) is 14.3. The number of pyridine rings is 1. The van der Waals surface area contributed by atoms with Crippen LogP contribution in [0, 0.1) is 6.92 Å². The van der Waals surface area contributed by atoms with E-state index in [1.54, 1.807) is 24.5 Å². The molecule has 2 aliphatic heterocycles. The van der Waals surface area contributed by atoms with Crippen molar-refractivity contribution in [1.29, 1.82) is 0 Å². The van der Waals surface area contributed by atoms with Crippen LogP contribution in [0.2, 0.25) is 0 Å². The van der Waals surface area contributed by atoms with E-state index in [0.29, 0.717) is 18.8 Å². The Bertz CT molecular complexity index is 761. The zero-order chi connectivity index (χ0) is 17.2. The van der Waals surface area contributed by atoms with Gasteiger partial charge in [0, 0.05) is 38.1 Å². The first kappa shape index (κ1) is 16.0. The van der Waals surface area contributed by atoms with Gasteiger partial charge >= 0.3 is 0 Å². The molecule has 2 aromatic rings. The van der Waals surface area contributed by atoms with E-state index in [1.165, 1.54) is 0 Å². The summed E-state index contributed by atoms with van der Waals surface area (Å²) in [7, 11) is 0. The molecule has 0 bridgehead atoms. The molecule has 2 fully saturated rings. The predicted octanol–water partition coefficient (Wildman–Crippen LogP) is 1.60. The lowest BCUT2D eigenvalue weighted by Crippen LogP contribution is -2.45. The van der Waals surface area contributed by atoms with E-state index in [2.05, 4.69) is 19.9 Å². The number of hydrogen-bond donors (Lipinski definition) is 0. The average molecular weight is 339 g/mol. The standard InChI is InChI=1S/C18H21N5O2/c1-13-20-15(11-17(21-13)22-7-9-25-10-8-22)16-4-6-23(16)18(24)14-3-2-5-19-12-14/h2-3,5,11-12,16H,4,6-10H2,1H3/t16-/m1/s1. The van der Waals surface area contributed by atoms with Gasteiger partial charge in [0.25, 0.3) is 5.91 Å². The lowest BCUT2D eigenvalue weighted by Gasteiger charge is -2.41. The van der Waals surface area contributed by atoms with Crippen LogP contribution in [0.25, 0.3) is 0 Å². The Morgan fingerprint density at radius 2 is 2.08 bits per heavy atom. The van der Waals surface area contributed by atoms with Crippen molar-refractivity contribution in [1.82, 2.24) is 19.9 Å². The molecule has 4 rings (SSSR count). The van der Waals surface area contributed by atoms with Crippen molar-refractivity contribution in [2.24, 2.45) is 0 Å². The summed E-state index contributed by atoms with van der Waals surface area (Å²) in [6, 6.07) is 5.61. The molecule has 0 aromatic carbocycles. The number of likely N-dealkylation sites (tertiary alicyclic amines) is 1. The van der Waals surface area contributed by atoms with Crippen molar-refractivity contribution >= 4 is 11.7 Å². The van der Waals surface area contributed by atoms with E-state index in [9.17, 15) is 4.79 Å². The van der Waals surface area contributed by atoms with Crippen LogP contribution >= 0.6 is 0 Å². The third-order valence-electron chi connectivity index (χ3n) is 4.71. The molecule has 2 aliphatic rings. The number of hydrogen-bond acceptors (Lipinski definition) is 6. The number of aryl methyl sites for hydroxylation is 1. The number of nitrogens with zero attached hydrogens (tertiary/aromatic N) is 5. The molecule has 1 atom stereocenters. The van der Waals surface area contributed by atoms with Crippen LogP contribution in [0.15, 0.2) is 30.6 Å². The molecule has 130 valence electrons. The van der Waals surface area contributed by atoms with E-state index in [-0.39, 0.29) is 11.9 Å². The number of rotatable bonds is 3. The fourth-order valence-corrected chi connectivity index (χ4v) is 3.29. The Hall–Kier alpha value is -2.54. The van der Waals surface area contributed by atoms with Gasteiger partial charge in [0.05, 0.1) is 30.5 Å². The number of carbonyl (C=O) groups excluding carboxylic acids is 1. The van der Waals surface area contributed by atoms with Gasteiger partial charge in [0.15, 0.2) is 0 Å². The highest BCUT2D eigenvalue weighted by molar-refractivity contribution is 5.94. The Balaban J connectivity index is 1.57. The molecule has 0 aliphatic carbocycles. The smallest absolute Gasteiger partial charge is 0.255 e. The largest absolute Gasteiger partial charge is 0.378 e. The maximum absolute atomic E-state index is 12.7. The van der Waals surface area contributed by atoms with Crippen LogP contribution in [0.5, 0.6) is 0 Å². The van der Waals surface area contributed by atoms with E-state index in [4.69, 9.17) is 4.74 Å². The molecule has 1 amide bonds. The number of anilines is 1. The molecule has 4 heterocycles. The summed E-state index contributed by atoms with van der Waals surface area (Å²) < 4.78 is 5.42. The van der Waals surface area contributed by atoms with Gasteiger partial charge in [-0.2, -0.15) is 0 Å². The van der Waals surface area contributed by atoms with E-state index >= 15 is 0 Å². The molecule has 7 heteroatoms. The summed E-state index contributed by atoms with van der Waals surface area (Å²) in [5.41, 5.74) is 1.53. The molecule has 7 nitrogen and oxygen atoms in total. The Morgan fingerprint density at radius 1 is 1.24 bits per heavy atom. The highest BCUT2D eigenvalue weighted by Gasteiger charge is 2.35. The first-order chi connectivity index (χ1) is 12.2. The number of carbonyl (C=O) groups is 1. The minimum absolute atomic E-state index is 0.00791. The van der Waals surface area contributed by atoms with Gasteiger partial charge in [-0.3, -0.25) is 9.78 Å². The van der Waals surface area contributed by atoms with Crippen molar-refractivity contribution in [3.8, 4) is 0 Å². The molecule has 25 heavy (non-hydrogen) atoms. The highest BCUT2D eigenvalue weighted by atomic mass is 16.5. The van der Waals surface area contributed by atoms with Gasteiger partial charge in [0.1, 0.15) is 11.6 Å². The lowest BCUT2D eigenvalue weighted by molar-refractivity contribution is 0.0450. The fraction of sp³-hybridized carbons (Fsp3) is 0.444. The first-order valence-corrected chi connectivity index (χ1v) is 8.61. The van der Waals surface area contributed by atoms with E-state index < -0.39 is 0 Å². The predicted molar refractivity (Wildman–Crippen MR) is 92.4 cm³/mol. The second-order valence-corrected chi connectivity index (χ2v) is 6.34. The zero-order valence-electron chi connectivity index (χ0n) is 14.3. The molecular weight excluding hydrogens is 318 g/mol. The second kappa shape index (κ2) is 6.76. The molecular formula is C18H21N5O2. The molecule has 2 aromatic heterocycles. The monoisotopic (exact) mass is 339 g/mol. The maximum atomic E-state index is 12.7. The Morgan fingerprint density at radius 3 is 2.76 bits per heavy atom. The van der Waals surface area contributed by atoms with Crippen molar-refractivity contribution in [3.63, 3.8) is 0 Å². The molecule has 0 saturated carbocycles. The molecule has 2 saturated heterocycles. The first-order valence-electron chi connectivity index (χ1n) is 8.61. The summed E-state index contributed by atoms with van der Waals surface area (Å²) in [6.07, 6.45) is 4.21. The van der Waals surface area contributed by atoms with Crippen LogP contribution in [0.3, 0.4) is 0 Å². The quantitative estimate of drug-likeness (QED) is 0.846. The number of morpholine rings is 1. The minimum atomic E-state index is 0.00791. The third-order valence-corrected chi connectivity index (χ3v) is 4.71. The average Bonchev–Trinajstić information content (AvgIpc) is 2.62. The van der Waals surface area contributed by atoms with Crippen molar-refractivity contribution in [3.05, 3.63) is 47.7 Å². The van der Waals surface area contributed by atoms with Crippen LogP contribution < -0.4 is 4.90 Å². The number of ether oxygens (including phenoxy) is 1. The van der Waals surface area contributed by atoms with Crippen molar-refractivity contribution in [2.45, 2.75) is 19.4 Å². The molecule has 0 spiro atoms. The Kier molecular flexibility index (Phi) is 4.31. The maximum Gasteiger partial charge on any atom is 0.255 e. The summed E-state index contributed by atoms with van der Waals surface area (Å²) in [6.45, 7) is 5.74. The summed E-state index contributed by atoms with van der Waals surface area (Å²) in [4.78, 5) is 30.0. The number of amides is 1.